The number of amides is 1. The van der Waals surface area contributed by atoms with Gasteiger partial charge in [-0.25, -0.2) is 0 Å². The summed E-state index contributed by atoms with van der Waals surface area (Å²) in [6, 6.07) is 0. The maximum absolute atomic E-state index is 9.95. The number of hydrogen-bond acceptors (Lipinski definition) is 1. The first kappa shape index (κ1) is 6.50. The van der Waals surface area contributed by atoms with Crippen molar-refractivity contribution in [2.75, 3.05) is 0 Å². The fourth-order valence-electron chi connectivity index (χ4n) is 0.142. The minimum absolute atomic E-state index is 0.0833. The predicted molar refractivity (Wildman–Crippen MR) is 28.8 cm³/mol. The zero-order valence-corrected chi connectivity index (χ0v) is 4.70. The van der Waals surface area contributed by atoms with Crippen LogP contribution in [0.15, 0.2) is 11.1 Å². The minimum Gasteiger partial charge on any atom is -0.365 e. The maximum Gasteiger partial charge on any atom is 0.259 e. The van der Waals surface area contributed by atoms with Crippen LogP contribution in [0.4, 0.5) is 0 Å². The third-order valence-corrected chi connectivity index (χ3v) is 0.893. The van der Waals surface area contributed by atoms with E-state index in [-0.39, 0.29) is 5.03 Å². The zero-order valence-electron chi connectivity index (χ0n) is 3.94. The third kappa shape index (κ3) is 2.23. The lowest BCUT2D eigenvalue weighted by Gasteiger charge is -1.82. The molecule has 0 aliphatic rings. The largest absolute Gasteiger partial charge is 0.365 e. The number of rotatable bonds is 1. The molecule has 3 heteroatoms. The van der Waals surface area contributed by atoms with Crippen molar-refractivity contribution in [2.45, 2.75) is 6.92 Å². The van der Waals surface area contributed by atoms with E-state index >= 15 is 0 Å². The fraction of sp³-hybridized carbons (Fsp3) is 0.250. The van der Waals surface area contributed by atoms with Crippen LogP contribution in [0.5, 0.6) is 0 Å². The van der Waals surface area contributed by atoms with E-state index < -0.39 is 5.91 Å². The molecule has 0 aliphatic heterocycles. The first-order valence-electron chi connectivity index (χ1n) is 1.80. The molecule has 0 rings (SSSR count). The van der Waals surface area contributed by atoms with Crippen LogP contribution in [0.1, 0.15) is 6.92 Å². The van der Waals surface area contributed by atoms with Crippen LogP contribution in [0.2, 0.25) is 0 Å². The van der Waals surface area contributed by atoms with Crippen molar-refractivity contribution in [3.8, 4) is 0 Å². The Morgan fingerprint density at radius 2 is 2.29 bits per heavy atom. The van der Waals surface area contributed by atoms with E-state index in [0.717, 1.165) is 0 Å². The summed E-state index contributed by atoms with van der Waals surface area (Å²) in [5, 5.41) is 0.0833. The number of allylic oxidation sites excluding steroid dienone is 1. The summed E-state index contributed by atoms with van der Waals surface area (Å²) in [5.41, 5.74) is 4.71. The van der Waals surface area contributed by atoms with Crippen LogP contribution < -0.4 is 5.73 Å². The highest BCUT2D eigenvalue weighted by Gasteiger charge is 1.93. The van der Waals surface area contributed by atoms with Crippen molar-refractivity contribution < 1.29 is 4.79 Å². The summed E-state index contributed by atoms with van der Waals surface area (Å²) in [6.45, 7) is 1.65. The maximum atomic E-state index is 9.95. The van der Waals surface area contributed by atoms with Crippen LogP contribution >= 0.6 is 11.6 Å². The van der Waals surface area contributed by atoms with Gasteiger partial charge < -0.3 is 5.73 Å². The second kappa shape index (κ2) is 2.64. The molecule has 0 aromatic rings. The smallest absolute Gasteiger partial charge is 0.259 e. The average molecular weight is 120 g/mol. The van der Waals surface area contributed by atoms with Crippen LogP contribution in [0.25, 0.3) is 0 Å². The highest BCUT2D eigenvalue weighted by Crippen LogP contribution is 1.95. The van der Waals surface area contributed by atoms with Gasteiger partial charge in [0.25, 0.3) is 5.91 Å². The molecule has 7 heavy (non-hydrogen) atoms. The van der Waals surface area contributed by atoms with Gasteiger partial charge >= 0.3 is 0 Å². The van der Waals surface area contributed by atoms with Gasteiger partial charge in [-0.1, -0.05) is 17.7 Å². The molecule has 0 atom stereocenters. The standard InChI is InChI=1S/C4H6ClNO/c1-2-3(5)4(6)7/h2H,1H3,(H2,6,7). The Morgan fingerprint density at radius 1 is 1.86 bits per heavy atom. The van der Waals surface area contributed by atoms with Crippen molar-refractivity contribution in [2.24, 2.45) is 5.73 Å². The van der Waals surface area contributed by atoms with Crippen molar-refractivity contribution in [1.82, 2.24) is 0 Å². The van der Waals surface area contributed by atoms with Gasteiger partial charge in [0.15, 0.2) is 0 Å². The molecule has 0 aromatic heterocycles. The summed E-state index contributed by atoms with van der Waals surface area (Å²) in [7, 11) is 0. The van der Waals surface area contributed by atoms with Gasteiger partial charge in [-0.05, 0) is 6.92 Å². The van der Waals surface area contributed by atoms with E-state index in [9.17, 15) is 4.79 Å². The van der Waals surface area contributed by atoms with E-state index in [1.807, 2.05) is 0 Å². The van der Waals surface area contributed by atoms with E-state index in [1.54, 1.807) is 6.92 Å². The van der Waals surface area contributed by atoms with Crippen molar-refractivity contribution in [3.05, 3.63) is 11.1 Å². The quantitative estimate of drug-likeness (QED) is 0.505. The van der Waals surface area contributed by atoms with E-state index in [0.29, 0.717) is 0 Å². The highest BCUT2D eigenvalue weighted by atomic mass is 35.5. The second-order valence-corrected chi connectivity index (χ2v) is 1.41. The Kier molecular flexibility index (Phi) is 2.45. The van der Waals surface area contributed by atoms with E-state index in [4.69, 9.17) is 17.3 Å². The van der Waals surface area contributed by atoms with Crippen LogP contribution in [0.3, 0.4) is 0 Å². The van der Waals surface area contributed by atoms with Crippen molar-refractivity contribution in [1.29, 1.82) is 0 Å². The lowest BCUT2D eigenvalue weighted by molar-refractivity contribution is -0.114. The Labute approximate surface area is 46.9 Å². The molecular formula is C4H6ClNO. The summed E-state index contributed by atoms with van der Waals surface area (Å²) in [5.74, 6) is -0.579. The zero-order chi connectivity index (χ0) is 5.86. The third-order valence-electron chi connectivity index (χ3n) is 0.489. The molecule has 0 spiro atoms. The van der Waals surface area contributed by atoms with Gasteiger partial charge in [0.2, 0.25) is 0 Å². The van der Waals surface area contributed by atoms with Crippen LogP contribution in [0, 0.1) is 0 Å². The molecule has 0 bridgehead atoms. The SMILES string of the molecule is CC=C(Cl)C(N)=O. The number of carbonyl (C=O) groups excluding carboxylic acids is 1. The molecule has 2 N–H and O–H groups in total. The van der Waals surface area contributed by atoms with Gasteiger partial charge in [-0.2, -0.15) is 0 Å². The Hall–Kier alpha value is -0.500. The summed E-state index contributed by atoms with van der Waals surface area (Å²) in [4.78, 5) is 9.95. The molecule has 0 saturated heterocycles. The number of nitrogens with two attached hydrogens (primary N) is 1. The molecule has 40 valence electrons. The molecular weight excluding hydrogens is 114 g/mol. The van der Waals surface area contributed by atoms with Gasteiger partial charge in [-0.3, -0.25) is 4.79 Å². The molecule has 0 radical (unpaired) electrons. The van der Waals surface area contributed by atoms with E-state index in [1.165, 1.54) is 6.08 Å². The number of carbonyl (C=O) groups is 1. The summed E-state index contributed by atoms with van der Waals surface area (Å²) >= 11 is 5.19. The predicted octanol–water partition coefficient (Wildman–Crippen LogP) is 0.614. The molecule has 0 aromatic carbocycles. The number of primary amides is 1. The normalized spacial score (nSPS) is 11.4. The molecule has 1 amide bonds. The first-order valence-corrected chi connectivity index (χ1v) is 2.18. The summed E-state index contributed by atoms with van der Waals surface area (Å²) < 4.78 is 0. The Bertz CT molecular complexity index is 108. The first-order chi connectivity index (χ1) is 3.18. The van der Waals surface area contributed by atoms with Crippen molar-refractivity contribution in [3.63, 3.8) is 0 Å². The highest BCUT2D eigenvalue weighted by molar-refractivity contribution is 6.41. The lowest BCUT2D eigenvalue weighted by Crippen LogP contribution is -2.09. The number of hydrogen-bond donors (Lipinski definition) is 1. The Balaban J connectivity index is 3.82. The summed E-state index contributed by atoms with van der Waals surface area (Å²) in [6.07, 6.45) is 1.45. The molecule has 0 aliphatic carbocycles. The van der Waals surface area contributed by atoms with Gasteiger partial charge in [0, 0.05) is 0 Å². The average Bonchev–Trinajstić information content (AvgIpc) is 1.65. The van der Waals surface area contributed by atoms with Gasteiger partial charge in [0.05, 0.1) is 0 Å². The molecule has 0 fully saturated rings. The Morgan fingerprint density at radius 3 is 2.29 bits per heavy atom. The number of halogens is 1. The van der Waals surface area contributed by atoms with Gasteiger partial charge in [-0.15, -0.1) is 0 Å². The topological polar surface area (TPSA) is 43.1 Å². The molecule has 0 unspecified atom stereocenters. The van der Waals surface area contributed by atoms with Crippen LogP contribution in [-0.2, 0) is 4.79 Å². The van der Waals surface area contributed by atoms with Gasteiger partial charge in [0.1, 0.15) is 5.03 Å². The van der Waals surface area contributed by atoms with Crippen LogP contribution in [-0.4, -0.2) is 5.91 Å². The second-order valence-electron chi connectivity index (χ2n) is 1.00. The van der Waals surface area contributed by atoms with E-state index in [2.05, 4.69) is 0 Å². The molecule has 2 nitrogen and oxygen atoms in total. The molecule has 0 heterocycles. The fourth-order valence-corrected chi connectivity index (χ4v) is 0.142. The monoisotopic (exact) mass is 119 g/mol. The minimum atomic E-state index is -0.579. The van der Waals surface area contributed by atoms with Crippen molar-refractivity contribution >= 4 is 17.5 Å². The molecule has 0 saturated carbocycles. The lowest BCUT2D eigenvalue weighted by atomic mass is 10.5.